The number of amides is 1. The number of carbonyl (C=O) groups is 1. The molecule has 3 aromatic rings. The van der Waals surface area contributed by atoms with Crippen LogP contribution in [0.1, 0.15) is 65.7 Å². The van der Waals surface area contributed by atoms with E-state index in [0.717, 1.165) is 28.8 Å². The number of piperidine rings is 1. The average molecular weight is 506 g/mol. The van der Waals surface area contributed by atoms with Crippen molar-refractivity contribution in [1.82, 2.24) is 14.9 Å². The number of aliphatic hydroxyl groups is 1. The smallest absolute Gasteiger partial charge is 0.406 e. The Bertz CT molecular complexity index is 1280. The fourth-order valence-electron chi connectivity index (χ4n) is 5.43. The molecule has 1 unspecified atom stereocenters. The number of benzene rings is 1. The lowest BCUT2D eigenvalue weighted by Gasteiger charge is -2.33. The van der Waals surface area contributed by atoms with E-state index in [1.54, 1.807) is 4.90 Å². The normalized spacial score (nSPS) is 21.3. The first-order chi connectivity index (χ1) is 17.0. The molecule has 5 rings (SSSR count). The van der Waals surface area contributed by atoms with Gasteiger partial charge in [0.2, 0.25) is 0 Å². The van der Waals surface area contributed by atoms with Crippen LogP contribution in [0.15, 0.2) is 30.5 Å². The number of halogens is 4. The molecule has 1 fully saturated rings. The van der Waals surface area contributed by atoms with Crippen LogP contribution in [0.3, 0.4) is 0 Å². The fraction of sp³-hybridized carbons (Fsp3) is 0.462. The summed E-state index contributed by atoms with van der Waals surface area (Å²) in [5, 5.41) is 11.3. The number of nitrogens with zero attached hydrogens (tertiary/aromatic N) is 2. The van der Waals surface area contributed by atoms with Crippen LogP contribution >= 0.6 is 0 Å². The number of hydrogen-bond acceptors (Lipinski definition) is 4. The average Bonchev–Trinajstić information content (AvgIpc) is 3.10. The first kappa shape index (κ1) is 24.5. The van der Waals surface area contributed by atoms with Gasteiger partial charge in [0.05, 0.1) is 11.8 Å². The summed E-state index contributed by atoms with van der Waals surface area (Å²) in [7, 11) is 0. The Balaban J connectivity index is 1.33. The van der Waals surface area contributed by atoms with E-state index in [-0.39, 0.29) is 29.0 Å². The molecule has 3 heterocycles. The second-order valence-corrected chi connectivity index (χ2v) is 9.96. The van der Waals surface area contributed by atoms with E-state index in [9.17, 15) is 23.1 Å². The molecule has 0 bridgehead atoms. The van der Waals surface area contributed by atoms with Gasteiger partial charge in [-0.3, -0.25) is 4.79 Å². The van der Waals surface area contributed by atoms with E-state index in [2.05, 4.69) is 14.7 Å². The zero-order chi connectivity index (χ0) is 25.7. The molecular weight excluding hydrogens is 478 g/mol. The van der Waals surface area contributed by atoms with Gasteiger partial charge in [-0.2, -0.15) is 0 Å². The van der Waals surface area contributed by atoms with Crippen molar-refractivity contribution in [2.75, 3.05) is 13.1 Å². The van der Waals surface area contributed by atoms with Gasteiger partial charge < -0.3 is 19.7 Å². The van der Waals surface area contributed by atoms with Gasteiger partial charge in [-0.1, -0.05) is 0 Å². The molecule has 1 aromatic carbocycles. The van der Waals surface area contributed by atoms with E-state index in [0.29, 0.717) is 62.8 Å². The van der Waals surface area contributed by atoms with E-state index in [4.69, 9.17) is 0 Å². The number of carbonyl (C=O) groups excluding carboxylic acids is 1. The summed E-state index contributed by atoms with van der Waals surface area (Å²) in [5.74, 6) is -1.15. The number of fused-ring (bicyclic) bond motifs is 3. The summed E-state index contributed by atoms with van der Waals surface area (Å²) in [6, 6.07) is 4.86. The van der Waals surface area contributed by atoms with Crippen LogP contribution in [0.2, 0.25) is 0 Å². The first-order valence-electron chi connectivity index (χ1n) is 12.1. The summed E-state index contributed by atoms with van der Waals surface area (Å²) in [4.78, 5) is 22.2. The van der Waals surface area contributed by atoms with Crippen LogP contribution < -0.4 is 4.74 Å². The van der Waals surface area contributed by atoms with E-state index < -0.39 is 12.0 Å². The Labute approximate surface area is 205 Å². The molecule has 10 heteroatoms. The Morgan fingerprint density at radius 1 is 1.17 bits per heavy atom. The van der Waals surface area contributed by atoms with Crippen molar-refractivity contribution in [3.8, 4) is 5.75 Å². The van der Waals surface area contributed by atoms with Crippen molar-refractivity contribution in [3.05, 3.63) is 58.7 Å². The van der Waals surface area contributed by atoms with Crippen LogP contribution in [0.25, 0.3) is 11.0 Å². The second-order valence-electron chi connectivity index (χ2n) is 9.96. The van der Waals surface area contributed by atoms with E-state index >= 15 is 4.39 Å². The second kappa shape index (κ2) is 9.06. The molecule has 36 heavy (non-hydrogen) atoms. The third-order valence-corrected chi connectivity index (χ3v) is 7.36. The number of H-pyrrole nitrogens is 1. The number of nitrogens with one attached hydrogen (secondary N) is 1. The van der Waals surface area contributed by atoms with Gasteiger partial charge in [0.25, 0.3) is 5.91 Å². The van der Waals surface area contributed by atoms with Gasteiger partial charge in [0.15, 0.2) is 0 Å². The fourth-order valence-corrected chi connectivity index (χ4v) is 5.43. The van der Waals surface area contributed by atoms with Crippen LogP contribution in [-0.4, -0.2) is 50.9 Å². The lowest BCUT2D eigenvalue weighted by molar-refractivity contribution is -0.274. The van der Waals surface area contributed by atoms with Gasteiger partial charge in [-0.25, -0.2) is 9.37 Å². The predicted molar refractivity (Wildman–Crippen MR) is 124 cm³/mol. The van der Waals surface area contributed by atoms with Crippen LogP contribution in [0.5, 0.6) is 5.75 Å². The lowest BCUT2D eigenvalue weighted by Crippen LogP contribution is -2.38. The Kier molecular flexibility index (Phi) is 6.18. The maximum absolute atomic E-state index is 15.2. The Morgan fingerprint density at radius 3 is 2.50 bits per heavy atom. The number of ether oxygens (including phenoxy) is 1. The zero-order valence-electron chi connectivity index (χ0n) is 19.8. The molecule has 1 saturated heterocycles. The molecule has 1 atom stereocenters. The lowest BCUT2D eigenvalue weighted by atomic mass is 9.86. The Morgan fingerprint density at radius 2 is 1.83 bits per heavy atom. The number of alkyl halides is 3. The van der Waals surface area contributed by atoms with Crippen LogP contribution in [-0.2, 0) is 12.8 Å². The number of pyridine rings is 1. The predicted octanol–water partition coefficient (Wildman–Crippen LogP) is 5.25. The highest BCUT2D eigenvalue weighted by atomic mass is 19.4. The zero-order valence-corrected chi connectivity index (χ0v) is 19.8. The molecule has 1 aliphatic carbocycles. The van der Waals surface area contributed by atoms with Crippen molar-refractivity contribution in [2.24, 2.45) is 0 Å². The van der Waals surface area contributed by atoms with E-state index in [1.165, 1.54) is 18.3 Å². The summed E-state index contributed by atoms with van der Waals surface area (Å²) in [5.41, 5.74) is 2.77. The number of aromatic nitrogens is 2. The quantitative estimate of drug-likeness (QED) is 0.377. The number of aryl methyl sites for hydroxylation is 2. The van der Waals surface area contributed by atoms with Crippen molar-refractivity contribution in [3.63, 3.8) is 0 Å². The minimum absolute atomic E-state index is 0.106. The van der Waals surface area contributed by atoms with Crippen molar-refractivity contribution in [1.29, 1.82) is 0 Å². The molecule has 192 valence electrons. The van der Waals surface area contributed by atoms with Gasteiger partial charge >= 0.3 is 6.36 Å². The molecule has 2 aliphatic rings. The highest BCUT2D eigenvalue weighted by Gasteiger charge is 2.33. The number of rotatable bonds is 3. The molecule has 0 radical (unpaired) electrons. The van der Waals surface area contributed by atoms with Crippen LogP contribution in [0, 0.1) is 5.82 Å². The van der Waals surface area contributed by atoms with Crippen LogP contribution in [0.4, 0.5) is 17.6 Å². The van der Waals surface area contributed by atoms with Gasteiger partial charge in [0.1, 0.15) is 17.2 Å². The molecule has 0 spiro atoms. The van der Waals surface area contributed by atoms with Gasteiger partial charge in [-0.05, 0) is 81.2 Å². The molecule has 2 aromatic heterocycles. The number of aromatic amines is 1. The summed E-state index contributed by atoms with van der Waals surface area (Å²) in [6.45, 7) is 2.62. The molecule has 2 N–H and O–H groups in total. The van der Waals surface area contributed by atoms with Crippen molar-refractivity contribution < 1.29 is 32.2 Å². The molecule has 1 aliphatic heterocycles. The van der Waals surface area contributed by atoms with E-state index in [1.807, 2.05) is 6.92 Å². The summed E-state index contributed by atoms with van der Waals surface area (Å²) in [6.07, 6.45) is 0.0499. The summed E-state index contributed by atoms with van der Waals surface area (Å²) < 4.78 is 56.2. The highest BCUT2D eigenvalue weighted by Crippen LogP contribution is 2.40. The first-order valence-corrected chi connectivity index (χ1v) is 12.1. The molecular formula is C26H27F4N3O3. The SMILES string of the molecule is CC1(O)CCc2[nH]c3ncc(F)c(C4CCN(C(=O)c5ccc(OC(F)(F)F)cc5)CC4)c3c2CC1. The summed E-state index contributed by atoms with van der Waals surface area (Å²) >= 11 is 0. The monoisotopic (exact) mass is 505 g/mol. The molecule has 1 amide bonds. The van der Waals surface area contributed by atoms with Crippen molar-refractivity contribution >= 4 is 16.9 Å². The van der Waals surface area contributed by atoms with Gasteiger partial charge in [0, 0.05) is 35.3 Å². The minimum atomic E-state index is -4.79. The highest BCUT2D eigenvalue weighted by molar-refractivity contribution is 5.94. The number of hydrogen-bond donors (Lipinski definition) is 2. The standard InChI is InChI=1S/C26H27F4N3O3/c1-25(35)10-6-18-20(7-11-25)32-23-22(18)21(19(27)14-31-23)15-8-12-33(13-9-15)24(34)16-2-4-17(5-3-16)36-26(28,29)30/h2-5,14-15,35H,6-13H2,1H3,(H,31,32). The maximum atomic E-state index is 15.2. The maximum Gasteiger partial charge on any atom is 0.573 e. The third kappa shape index (κ3) is 4.91. The topological polar surface area (TPSA) is 78.5 Å². The third-order valence-electron chi connectivity index (χ3n) is 7.36. The van der Waals surface area contributed by atoms with Crippen molar-refractivity contribution in [2.45, 2.75) is 63.3 Å². The number of likely N-dealkylation sites (tertiary alicyclic amines) is 1. The minimum Gasteiger partial charge on any atom is -0.406 e. The Hall–Kier alpha value is -3.14. The molecule has 6 nitrogen and oxygen atoms in total. The van der Waals surface area contributed by atoms with Gasteiger partial charge in [-0.15, -0.1) is 13.2 Å². The largest absolute Gasteiger partial charge is 0.573 e. The molecule has 0 saturated carbocycles.